The zero-order chi connectivity index (χ0) is 10.2. The molecule has 0 aromatic heterocycles. The lowest BCUT2D eigenvalue weighted by Crippen LogP contribution is -2.21. The van der Waals surface area contributed by atoms with E-state index in [0.717, 1.165) is 0 Å². The zero-order valence-electron chi connectivity index (χ0n) is 8.03. The molecule has 5 nitrogen and oxygen atoms in total. The Morgan fingerprint density at radius 1 is 1.57 bits per heavy atom. The number of carbonyl (C=O) groups excluding carboxylic acids is 1. The second-order valence-electron chi connectivity index (χ2n) is 2.85. The van der Waals surface area contributed by atoms with Crippen LogP contribution in [0.1, 0.15) is 0 Å². The number of amides is 1. The average molecular weight is 201 g/mol. The van der Waals surface area contributed by atoms with E-state index in [2.05, 4.69) is 11.9 Å². The minimum Gasteiger partial charge on any atom is -0.442 e. The highest BCUT2D eigenvalue weighted by Gasteiger charge is 2.21. The molecule has 0 bridgehead atoms. The normalized spacial score (nSPS) is 20.3. The third-order valence-corrected chi connectivity index (χ3v) is 1.66. The Kier molecular flexibility index (Phi) is 5.03. The average Bonchev–Trinajstić information content (AvgIpc) is 2.58. The molecular weight excluding hydrogens is 186 g/mol. The van der Waals surface area contributed by atoms with Crippen molar-refractivity contribution in [3.63, 3.8) is 0 Å². The first-order valence-corrected chi connectivity index (χ1v) is 4.54. The number of nitrogens with one attached hydrogen (secondary N) is 1. The molecule has 14 heavy (non-hydrogen) atoms. The van der Waals surface area contributed by atoms with Gasteiger partial charge < -0.3 is 19.5 Å². The summed E-state index contributed by atoms with van der Waals surface area (Å²) < 4.78 is 15.2. The van der Waals surface area contributed by atoms with Crippen LogP contribution in [0.5, 0.6) is 0 Å². The third kappa shape index (κ3) is 4.25. The summed E-state index contributed by atoms with van der Waals surface area (Å²) >= 11 is 0. The van der Waals surface area contributed by atoms with E-state index in [-0.39, 0.29) is 12.2 Å². The molecule has 1 unspecified atom stereocenters. The number of ether oxygens (including phenoxy) is 3. The van der Waals surface area contributed by atoms with Crippen molar-refractivity contribution >= 4 is 6.09 Å². The Bertz CT molecular complexity index is 195. The van der Waals surface area contributed by atoms with Crippen LogP contribution in [0, 0.1) is 0 Å². The van der Waals surface area contributed by atoms with E-state index in [0.29, 0.717) is 33.0 Å². The van der Waals surface area contributed by atoms with Crippen LogP contribution in [0.3, 0.4) is 0 Å². The first-order valence-electron chi connectivity index (χ1n) is 4.54. The van der Waals surface area contributed by atoms with Gasteiger partial charge in [-0.15, -0.1) is 6.58 Å². The fourth-order valence-electron chi connectivity index (χ4n) is 1.02. The summed E-state index contributed by atoms with van der Waals surface area (Å²) in [4.78, 5) is 10.6. The maximum Gasteiger partial charge on any atom is 0.407 e. The van der Waals surface area contributed by atoms with E-state index in [9.17, 15) is 4.79 Å². The van der Waals surface area contributed by atoms with Gasteiger partial charge >= 0.3 is 6.09 Å². The number of alkyl carbamates (subject to hydrolysis) is 1. The quantitative estimate of drug-likeness (QED) is 0.476. The molecule has 1 aliphatic rings. The molecule has 1 amide bonds. The van der Waals surface area contributed by atoms with Crippen LogP contribution < -0.4 is 5.32 Å². The SMILES string of the molecule is C=CCOCCOCC1CNC(=O)O1. The molecule has 0 aliphatic carbocycles. The Morgan fingerprint density at radius 2 is 2.36 bits per heavy atom. The van der Waals surface area contributed by atoms with Crippen LogP contribution in [-0.4, -0.2) is 45.2 Å². The Balaban J connectivity index is 1.89. The Labute approximate surface area is 83.0 Å². The van der Waals surface area contributed by atoms with Gasteiger partial charge in [-0.25, -0.2) is 4.79 Å². The number of rotatable bonds is 7. The van der Waals surface area contributed by atoms with Gasteiger partial charge in [0.2, 0.25) is 0 Å². The van der Waals surface area contributed by atoms with Crippen molar-refractivity contribution in [2.45, 2.75) is 6.10 Å². The smallest absolute Gasteiger partial charge is 0.407 e. The van der Waals surface area contributed by atoms with Crippen LogP contribution in [0.25, 0.3) is 0 Å². The second-order valence-corrected chi connectivity index (χ2v) is 2.85. The molecule has 0 radical (unpaired) electrons. The summed E-state index contributed by atoms with van der Waals surface area (Å²) in [5.74, 6) is 0. The number of hydrogen-bond acceptors (Lipinski definition) is 4. The topological polar surface area (TPSA) is 56.8 Å². The largest absolute Gasteiger partial charge is 0.442 e. The lowest BCUT2D eigenvalue weighted by atomic mass is 10.4. The van der Waals surface area contributed by atoms with Crippen molar-refractivity contribution in [3.8, 4) is 0 Å². The molecule has 1 heterocycles. The summed E-state index contributed by atoms with van der Waals surface area (Å²) in [7, 11) is 0. The zero-order valence-corrected chi connectivity index (χ0v) is 8.03. The molecule has 1 aliphatic heterocycles. The highest BCUT2D eigenvalue weighted by Crippen LogP contribution is 1.99. The van der Waals surface area contributed by atoms with Crippen molar-refractivity contribution in [1.82, 2.24) is 5.32 Å². The fraction of sp³-hybridized carbons (Fsp3) is 0.667. The van der Waals surface area contributed by atoms with Crippen molar-refractivity contribution in [3.05, 3.63) is 12.7 Å². The van der Waals surface area contributed by atoms with Gasteiger partial charge in [0.05, 0.1) is 33.0 Å². The van der Waals surface area contributed by atoms with Gasteiger partial charge in [-0.1, -0.05) is 6.08 Å². The van der Waals surface area contributed by atoms with Crippen molar-refractivity contribution in [1.29, 1.82) is 0 Å². The first kappa shape index (κ1) is 11.0. The molecule has 5 heteroatoms. The van der Waals surface area contributed by atoms with E-state index in [1.807, 2.05) is 0 Å². The Morgan fingerprint density at radius 3 is 3.00 bits per heavy atom. The molecule has 1 fully saturated rings. The van der Waals surface area contributed by atoms with Gasteiger partial charge in [0.1, 0.15) is 6.10 Å². The van der Waals surface area contributed by atoms with Crippen LogP contribution in [-0.2, 0) is 14.2 Å². The number of carbonyl (C=O) groups is 1. The fourth-order valence-corrected chi connectivity index (χ4v) is 1.02. The lowest BCUT2D eigenvalue weighted by Gasteiger charge is -2.08. The highest BCUT2D eigenvalue weighted by atomic mass is 16.6. The summed E-state index contributed by atoms with van der Waals surface area (Å²) in [6.07, 6.45) is 1.14. The summed E-state index contributed by atoms with van der Waals surface area (Å²) in [6.45, 7) is 6.01. The monoisotopic (exact) mass is 201 g/mol. The third-order valence-electron chi connectivity index (χ3n) is 1.66. The Hall–Kier alpha value is -1.07. The number of hydrogen-bond donors (Lipinski definition) is 1. The van der Waals surface area contributed by atoms with Crippen molar-refractivity contribution in [2.24, 2.45) is 0 Å². The predicted octanol–water partition coefficient (Wildman–Crippen LogP) is 0.314. The maximum absolute atomic E-state index is 10.6. The number of cyclic esters (lactones) is 1. The summed E-state index contributed by atoms with van der Waals surface area (Å²) in [5.41, 5.74) is 0. The molecule has 1 N–H and O–H groups in total. The van der Waals surface area contributed by atoms with Crippen molar-refractivity contribution in [2.75, 3.05) is 33.0 Å². The second kappa shape index (κ2) is 6.39. The van der Waals surface area contributed by atoms with Crippen LogP contribution in [0.4, 0.5) is 4.79 Å². The standard InChI is InChI=1S/C9H15NO4/c1-2-3-12-4-5-13-7-8-6-10-9(11)14-8/h2,8H,1,3-7H2,(H,10,11). The molecule has 1 rings (SSSR count). The van der Waals surface area contributed by atoms with Gasteiger partial charge in [-0.05, 0) is 0 Å². The van der Waals surface area contributed by atoms with Crippen LogP contribution >= 0.6 is 0 Å². The molecule has 80 valence electrons. The molecule has 1 atom stereocenters. The first-order chi connectivity index (χ1) is 6.83. The van der Waals surface area contributed by atoms with Gasteiger partial charge in [-0.2, -0.15) is 0 Å². The molecule has 1 saturated heterocycles. The van der Waals surface area contributed by atoms with E-state index < -0.39 is 0 Å². The minimum atomic E-state index is -0.374. The van der Waals surface area contributed by atoms with Crippen LogP contribution in [0.2, 0.25) is 0 Å². The highest BCUT2D eigenvalue weighted by molar-refractivity contribution is 5.69. The minimum absolute atomic E-state index is 0.165. The van der Waals surface area contributed by atoms with E-state index >= 15 is 0 Å². The summed E-state index contributed by atoms with van der Waals surface area (Å²) in [5, 5.41) is 2.55. The molecule has 0 aromatic carbocycles. The molecule has 0 aromatic rings. The summed E-state index contributed by atoms with van der Waals surface area (Å²) in [6, 6.07) is 0. The van der Waals surface area contributed by atoms with E-state index in [4.69, 9.17) is 14.2 Å². The lowest BCUT2D eigenvalue weighted by molar-refractivity contribution is 0.0162. The predicted molar refractivity (Wildman–Crippen MR) is 50.1 cm³/mol. The maximum atomic E-state index is 10.6. The van der Waals surface area contributed by atoms with Crippen LogP contribution in [0.15, 0.2) is 12.7 Å². The van der Waals surface area contributed by atoms with E-state index in [1.165, 1.54) is 0 Å². The van der Waals surface area contributed by atoms with E-state index in [1.54, 1.807) is 6.08 Å². The van der Waals surface area contributed by atoms with Gasteiger partial charge in [-0.3, -0.25) is 0 Å². The molecular formula is C9H15NO4. The van der Waals surface area contributed by atoms with Gasteiger partial charge in [0.25, 0.3) is 0 Å². The van der Waals surface area contributed by atoms with Gasteiger partial charge in [0.15, 0.2) is 0 Å². The molecule has 0 spiro atoms. The van der Waals surface area contributed by atoms with Gasteiger partial charge in [0, 0.05) is 0 Å². The van der Waals surface area contributed by atoms with Crippen molar-refractivity contribution < 1.29 is 19.0 Å². The molecule has 0 saturated carbocycles.